The number of Topliss-reactive ketones (excluding diaryl/α,β-unsaturated/α-hetero) is 1. The van der Waals surface area contributed by atoms with E-state index in [0.29, 0.717) is 24.9 Å². The van der Waals surface area contributed by atoms with Crippen molar-refractivity contribution in [1.29, 1.82) is 0 Å². The molecule has 18 heavy (non-hydrogen) atoms. The van der Waals surface area contributed by atoms with E-state index in [4.69, 9.17) is 9.47 Å². The van der Waals surface area contributed by atoms with E-state index in [1.807, 2.05) is 18.5 Å². The van der Waals surface area contributed by atoms with Gasteiger partial charge in [-0.25, -0.2) is 0 Å². The highest BCUT2D eigenvalue weighted by Crippen LogP contribution is 2.32. The van der Waals surface area contributed by atoms with Gasteiger partial charge in [-0.05, 0) is 25.3 Å². The third-order valence-electron chi connectivity index (χ3n) is 3.12. The largest absolute Gasteiger partial charge is 0.382 e. The summed E-state index contributed by atoms with van der Waals surface area (Å²) in [6.07, 6.45) is 7.02. The summed E-state index contributed by atoms with van der Waals surface area (Å²) in [7, 11) is 1.67. The van der Waals surface area contributed by atoms with Gasteiger partial charge < -0.3 is 14.0 Å². The maximum Gasteiger partial charge on any atom is 0.167 e. The molecule has 0 aliphatic heterocycles. The fourth-order valence-electron chi connectivity index (χ4n) is 1.90. The lowest BCUT2D eigenvalue weighted by atomic mass is 10.1. The quantitative estimate of drug-likeness (QED) is 0.498. The number of ether oxygens (including phenoxy) is 2. The topological polar surface area (TPSA) is 40.5 Å². The van der Waals surface area contributed by atoms with Gasteiger partial charge in [0.05, 0.1) is 13.2 Å². The molecule has 1 aromatic rings. The summed E-state index contributed by atoms with van der Waals surface area (Å²) in [5.41, 5.74) is 0.859. The van der Waals surface area contributed by atoms with E-state index in [0.717, 1.165) is 38.0 Å². The number of methoxy groups -OCH3 is 1. The summed E-state index contributed by atoms with van der Waals surface area (Å²) in [6.45, 7) is 2.91. The molecule has 100 valence electrons. The average molecular weight is 251 g/mol. The Morgan fingerprint density at radius 3 is 2.94 bits per heavy atom. The molecule has 0 aromatic carbocycles. The van der Waals surface area contributed by atoms with Crippen LogP contribution in [0.3, 0.4) is 0 Å². The lowest BCUT2D eigenvalue weighted by Crippen LogP contribution is -2.05. The Bertz CT molecular complexity index is 382. The molecule has 0 N–H and O–H groups in total. The van der Waals surface area contributed by atoms with Gasteiger partial charge >= 0.3 is 0 Å². The second-order valence-corrected chi connectivity index (χ2v) is 4.74. The van der Waals surface area contributed by atoms with Gasteiger partial charge in [-0.3, -0.25) is 4.79 Å². The molecule has 0 spiro atoms. The Hall–Kier alpha value is -1.13. The molecule has 1 saturated carbocycles. The third kappa shape index (κ3) is 3.96. The Balaban J connectivity index is 1.65. The smallest absolute Gasteiger partial charge is 0.167 e. The summed E-state index contributed by atoms with van der Waals surface area (Å²) >= 11 is 0. The van der Waals surface area contributed by atoms with E-state index in [2.05, 4.69) is 4.57 Å². The Kier molecular flexibility index (Phi) is 4.96. The van der Waals surface area contributed by atoms with Crippen LogP contribution in [0.5, 0.6) is 0 Å². The van der Waals surface area contributed by atoms with Crippen molar-refractivity contribution in [2.24, 2.45) is 5.92 Å². The van der Waals surface area contributed by atoms with E-state index < -0.39 is 0 Å². The molecular formula is C14H21NO3. The standard InChI is InChI=1S/C14H21NO3/c1-17-9-10-18-8-2-6-15-7-5-13(11-15)14(16)12-3-4-12/h5,7,11-12H,2-4,6,8-10H2,1H3. The first-order chi connectivity index (χ1) is 8.81. The minimum Gasteiger partial charge on any atom is -0.382 e. The van der Waals surface area contributed by atoms with Gasteiger partial charge in [0.15, 0.2) is 5.78 Å². The average Bonchev–Trinajstić information content (AvgIpc) is 3.12. The number of hydrogen-bond acceptors (Lipinski definition) is 3. The number of aromatic nitrogens is 1. The Morgan fingerprint density at radius 1 is 1.39 bits per heavy atom. The van der Waals surface area contributed by atoms with Crippen LogP contribution in [0.4, 0.5) is 0 Å². The summed E-state index contributed by atoms with van der Waals surface area (Å²) in [4.78, 5) is 11.8. The number of aryl methyl sites for hydroxylation is 1. The van der Waals surface area contributed by atoms with Gasteiger partial charge in [0, 0.05) is 44.1 Å². The van der Waals surface area contributed by atoms with Crippen LogP contribution in [0.25, 0.3) is 0 Å². The second-order valence-electron chi connectivity index (χ2n) is 4.74. The van der Waals surface area contributed by atoms with Crippen LogP contribution < -0.4 is 0 Å². The Morgan fingerprint density at radius 2 is 2.22 bits per heavy atom. The SMILES string of the molecule is COCCOCCCn1ccc(C(=O)C2CC2)c1. The fraction of sp³-hybridized carbons (Fsp3) is 0.643. The van der Waals surface area contributed by atoms with Gasteiger partial charge in [0.2, 0.25) is 0 Å². The molecule has 0 bridgehead atoms. The van der Waals surface area contributed by atoms with E-state index in [-0.39, 0.29) is 0 Å². The van der Waals surface area contributed by atoms with Gasteiger partial charge in [-0.1, -0.05) is 0 Å². The van der Waals surface area contributed by atoms with Crippen LogP contribution in [-0.2, 0) is 16.0 Å². The molecule has 2 rings (SSSR count). The molecule has 1 fully saturated rings. The summed E-state index contributed by atoms with van der Waals surface area (Å²) in [5.74, 6) is 0.614. The van der Waals surface area contributed by atoms with E-state index in [1.165, 1.54) is 0 Å². The zero-order valence-corrected chi connectivity index (χ0v) is 10.9. The van der Waals surface area contributed by atoms with Crippen molar-refractivity contribution in [3.05, 3.63) is 24.0 Å². The Labute approximate surface area is 108 Å². The van der Waals surface area contributed by atoms with Crippen LogP contribution in [0.2, 0.25) is 0 Å². The molecule has 1 aliphatic rings. The van der Waals surface area contributed by atoms with Crippen molar-refractivity contribution >= 4 is 5.78 Å². The van der Waals surface area contributed by atoms with Crippen molar-refractivity contribution in [2.75, 3.05) is 26.9 Å². The lowest BCUT2D eigenvalue weighted by Gasteiger charge is -2.04. The summed E-state index contributed by atoms with van der Waals surface area (Å²) in [6, 6.07) is 1.92. The highest BCUT2D eigenvalue weighted by molar-refractivity contribution is 5.99. The minimum absolute atomic E-state index is 0.304. The molecule has 4 heteroatoms. The van der Waals surface area contributed by atoms with Gasteiger partial charge in [-0.15, -0.1) is 0 Å². The molecule has 0 amide bonds. The number of carbonyl (C=O) groups excluding carboxylic acids is 1. The molecule has 1 aromatic heterocycles. The molecule has 0 atom stereocenters. The van der Waals surface area contributed by atoms with Crippen LogP contribution in [0, 0.1) is 5.92 Å². The second kappa shape index (κ2) is 6.71. The fourth-order valence-corrected chi connectivity index (χ4v) is 1.90. The highest BCUT2D eigenvalue weighted by atomic mass is 16.5. The number of rotatable bonds is 9. The van der Waals surface area contributed by atoms with Crippen LogP contribution in [0.15, 0.2) is 18.5 Å². The predicted octanol–water partition coefficient (Wildman–Crippen LogP) is 2.13. The first kappa shape index (κ1) is 13.3. The molecule has 0 unspecified atom stereocenters. The monoisotopic (exact) mass is 251 g/mol. The predicted molar refractivity (Wildman–Crippen MR) is 68.8 cm³/mol. The van der Waals surface area contributed by atoms with Crippen LogP contribution >= 0.6 is 0 Å². The molecule has 0 radical (unpaired) electrons. The third-order valence-corrected chi connectivity index (χ3v) is 3.12. The van der Waals surface area contributed by atoms with Gasteiger partial charge in [0.25, 0.3) is 0 Å². The van der Waals surface area contributed by atoms with E-state index >= 15 is 0 Å². The van der Waals surface area contributed by atoms with Crippen molar-refractivity contribution in [3.63, 3.8) is 0 Å². The van der Waals surface area contributed by atoms with Crippen LogP contribution in [0.1, 0.15) is 29.6 Å². The number of carbonyl (C=O) groups is 1. The maximum atomic E-state index is 11.8. The summed E-state index contributed by atoms with van der Waals surface area (Å²) in [5, 5.41) is 0. The maximum absolute atomic E-state index is 11.8. The minimum atomic E-state index is 0.304. The molecule has 0 saturated heterocycles. The zero-order valence-electron chi connectivity index (χ0n) is 10.9. The zero-order chi connectivity index (χ0) is 12.8. The van der Waals surface area contributed by atoms with Crippen molar-refractivity contribution in [1.82, 2.24) is 4.57 Å². The number of ketones is 1. The number of hydrogen-bond donors (Lipinski definition) is 0. The number of nitrogens with zero attached hydrogens (tertiary/aromatic N) is 1. The molecule has 1 heterocycles. The van der Waals surface area contributed by atoms with Gasteiger partial charge in [-0.2, -0.15) is 0 Å². The van der Waals surface area contributed by atoms with E-state index in [1.54, 1.807) is 7.11 Å². The van der Waals surface area contributed by atoms with Crippen LogP contribution in [-0.4, -0.2) is 37.3 Å². The first-order valence-corrected chi connectivity index (χ1v) is 6.58. The van der Waals surface area contributed by atoms with Crippen molar-refractivity contribution in [2.45, 2.75) is 25.8 Å². The van der Waals surface area contributed by atoms with Gasteiger partial charge in [0.1, 0.15) is 0 Å². The molecule has 4 nitrogen and oxygen atoms in total. The van der Waals surface area contributed by atoms with Crippen molar-refractivity contribution < 1.29 is 14.3 Å². The molecular weight excluding hydrogens is 230 g/mol. The summed E-state index contributed by atoms with van der Waals surface area (Å²) < 4.78 is 12.4. The van der Waals surface area contributed by atoms with Crippen molar-refractivity contribution in [3.8, 4) is 0 Å². The lowest BCUT2D eigenvalue weighted by molar-refractivity contribution is 0.0680. The normalized spacial score (nSPS) is 14.9. The molecule has 1 aliphatic carbocycles. The van der Waals surface area contributed by atoms with E-state index in [9.17, 15) is 4.79 Å². The highest BCUT2D eigenvalue weighted by Gasteiger charge is 2.30. The first-order valence-electron chi connectivity index (χ1n) is 6.58.